The van der Waals surface area contributed by atoms with Crippen LogP contribution in [0.2, 0.25) is 0 Å². The molecule has 0 radical (unpaired) electrons. The van der Waals surface area contributed by atoms with E-state index in [9.17, 15) is 4.79 Å². The molecule has 102 valence electrons. The zero-order chi connectivity index (χ0) is 14.1. The molecule has 0 fully saturated rings. The molecule has 0 spiro atoms. The number of halogens is 1. The van der Waals surface area contributed by atoms with Crippen LogP contribution in [0.15, 0.2) is 56.1 Å². The monoisotopic (exact) mass is 333 g/mol. The number of methoxy groups -OCH3 is 1. The Morgan fingerprint density at radius 3 is 2.65 bits per heavy atom. The van der Waals surface area contributed by atoms with Gasteiger partial charge in [-0.1, -0.05) is 18.2 Å². The summed E-state index contributed by atoms with van der Waals surface area (Å²) in [7, 11) is 1.63. The molecule has 0 saturated heterocycles. The predicted molar refractivity (Wildman–Crippen MR) is 80.3 cm³/mol. The van der Waals surface area contributed by atoms with Crippen LogP contribution < -0.4 is 10.5 Å². The highest BCUT2D eigenvalue weighted by molar-refractivity contribution is 9.10. The Morgan fingerprint density at radius 2 is 1.95 bits per heavy atom. The van der Waals surface area contributed by atoms with E-state index in [4.69, 9.17) is 9.15 Å². The van der Waals surface area contributed by atoms with Gasteiger partial charge >= 0.3 is 5.76 Å². The van der Waals surface area contributed by atoms with Crippen molar-refractivity contribution < 1.29 is 9.15 Å². The molecular formula is C15H12BrNO3. The van der Waals surface area contributed by atoms with Crippen molar-refractivity contribution in [2.45, 2.75) is 6.54 Å². The van der Waals surface area contributed by atoms with E-state index in [1.807, 2.05) is 36.4 Å². The number of ether oxygens (including phenoxy) is 1. The molecule has 20 heavy (non-hydrogen) atoms. The Balaban J connectivity index is 2.05. The summed E-state index contributed by atoms with van der Waals surface area (Å²) < 4.78 is 12.8. The Bertz CT molecular complexity index is 802. The fourth-order valence-electron chi connectivity index (χ4n) is 2.14. The summed E-state index contributed by atoms with van der Waals surface area (Å²) >= 11 is 3.46. The first kappa shape index (κ1) is 13.0. The van der Waals surface area contributed by atoms with Crippen molar-refractivity contribution in [1.82, 2.24) is 4.57 Å². The maximum Gasteiger partial charge on any atom is 0.420 e. The van der Waals surface area contributed by atoms with Gasteiger partial charge in [0.1, 0.15) is 11.3 Å². The van der Waals surface area contributed by atoms with Gasteiger partial charge in [0, 0.05) is 4.47 Å². The molecule has 2 aromatic carbocycles. The highest BCUT2D eigenvalue weighted by atomic mass is 79.9. The largest absolute Gasteiger partial charge is 0.497 e. The first-order valence-corrected chi connectivity index (χ1v) is 6.89. The van der Waals surface area contributed by atoms with E-state index in [1.54, 1.807) is 17.7 Å². The Kier molecular flexibility index (Phi) is 3.36. The number of nitrogens with zero attached hydrogens (tertiary/aromatic N) is 1. The molecule has 3 aromatic rings. The van der Waals surface area contributed by atoms with Crippen molar-refractivity contribution in [3.63, 3.8) is 0 Å². The summed E-state index contributed by atoms with van der Waals surface area (Å²) in [5.41, 5.74) is 2.36. The molecule has 0 aliphatic rings. The highest BCUT2D eigenvalue weighted by Crippen LogP contribution is 2.23. The lowest BCUT2D eigenvalue weighted by atomic mass is 10.2. The molecule has 0 atom stereocenters. The van der Waals surface area contributed by atoms with Crippen LogP contribution in [0.25, 0.3) is 11.1 Å². The standard InChI is InChI=1S/C15H12BrNO3/c1-19-11-7-5-10(6-8-11)9-17-14-12(16)3-2-4-13(14)20-15(17)18/h2-8H,9H2,1H3. The van der Waals surface area contributed by atoms with Crippen molar-refractivity contribution in [2.24, 2.45) is 0 Å². The average Bonchev–Trinajstić information content (AvgIpc) is 2.77. The highest BCUT2D eigenvalue weighted by Gasteiger charge is 2.12. The molecule has 0 amide bonds. The SMILES string of the molecule is COc1ccc(Cn2c(=O)oc3cccc(Br)c32)cc1. The normalized spacial score (nSPS) is 10.9. The van der Waals surface area contributed by atoms with E-state index in [2.05, 4.69) is 15.9 Å². The van der Waals surface area contributed by atoms with Crippen molar-refractivity contribution in [1.29, 1.82) is 0 Å². The molecule has 0 N–H and O–H groups in total. The quantitative estimate of drug-likeness (QED) is 0.737. The molecular weight excluding hydrogens is 322 g/mol. The van der Waals surface area contributed by atoms with Crippen molar-refractivity contribution >= 4 is 27.0 Å². The number of hydrogen-bond acceptors (Lipinski definition) is 3. The van der Waals surface area contributed by atoms with E-state index in [1.165, 1.54) is 0 Å². The van der Waals surface area contributed by atoms with Gasteiger partial charge in [-0.15, -0.1) is 0 Å². The zero-order valence-electron chi connectivity index (χ0n) is 10.8. The molecule has 3 rings (SSSR count). The van der Waals surface area contributed by atoms with Gasteiger partial charge < -0.3 is 9.15 Å². The smallest absolute Gasteiger partial charge is 0.420 e. The Labute approximate surface area is 123 Å². The van der Waals surface area contributed by atoms with Crippen LogP contribution in [0.4, 0.5) is 0 Å². The van der Waals surface area contributed by atoms with Crippen molar-refractivity contribution in [2.75, 3.05) is 7.11 Å². The maximum atomic E-state index is 12.0. The third kappa shape index (κ3) is 2.25. The lowest BCUT2D eigenvalue weighted by Crippen LogP contribution is -2.15. The number of para-hydroxylation sites is 1. The molecule has 5 heteroatoms. The molecule has 0 aliphatic heterocycles. The predicted octanol–water partition coefficient (Wildman–Crippen LogP) is 3.41. The number of aromatic nitrogens is 1. The van der Waals surface area contributed by atoms with Crippen molar-refractivity contribution in [3.05, 3.63) is 63.1 Å². The summed E-state index contributed by atoms with van der Waals surface area (Å²) in [6.45, 7) is 0.457. The lowest BCUT2D eigenvalue weighted by molar-refractivity contribution is 0.414. The summed E-state index contributed by atoms with van der Waals surface area (Å²) in [5, 5.41) is 0. The fourth-order valence-corrected chi connectivity index (χ4v) is 2.70. The van der Waals surface area contributed by atoms with E-state index >= 15 is 0 Å². The van der Waals surface area contributed by atoms with E-state index in [0.29, 0.717) is 12.1 Å². The second-order valence-corrected chi connectivity index (χ2v) is 5.24. The fraction of sp³-hybridized carbons (Fsp3) is 0.133. The van der Waals surface area contributed by atoms with Gasteiger partial charge in [-0.25, -0.2) is 4.79 Å². The zero-order valence-corrected chi connectivity index (χ0v) is 12.4. The van der Waals surface area contributed by atoms with E-state index < -0.39 is 0 Å². The lowest BCUT2D eigenvalue weighted by Gasteiger charge is -2.05. The van der Waals surface area contributed by atoms with Crippen LogP contribution in [0, 0.1) is 0 Å². The maximum absolute atomic E-state index is 12.0. The van der Waals surface area contributed by atoms with Crippen LogP contribution >= 0.6 is 15.9 Å². The van der Waals surface area contributed by atoms with Crippen LogP contribution in [0.5, 0.6) is 5.75 Å². The summed E-state index contributed by atoms with van der Waals surface area (Å²) in [5.74, 6) is 0.432. The van der Waals surface area contributed by atoms with Crippen LogP contribution in [0.1, 0.15) is 5.56 Å². The van der Waals surface area contributed by atoms with Gasteiger partial charge in [-0.3, -0.25) is 4.57 Å². The van der Waals surface area contributed by atoms with Gasteiger partial charge in [0.25, 0.3) is 0 Å². The number of hydrogen-bond donors (Lipinski definition) is 0. The summed E-state index contributed by atoms with van der Waals surface area (Å²) in [6, 6.07) is 13.1. The second-order valence-electron chi connectivity index (χ2n) is 4.39. The van der Waals surface area contributed by atoms with Gasteiger partial charge in [-0.2, -0.15) is 0 Å². The first-order valence-electron chi connectivity index (χ1n) is 6.10. The Morgan fingerprint density at radius 1 is 1.20 bits per heavy atom. The first-order chi connectivity index (χ1) is 9.69. The van der Waals surface area contributed by atoms with Gasteiger partial charge in [0.05, 0.1) is 13.7 Å². The summed E-state index contributed by atoms with van der Waals surface area (Å²) in [4.78, 5) is 12.0. The molecule has 0 unspecified atom stereocenters. The van der Waals surface area contributed by atoms with E-state index in [-0.39, 0.29) is 5.76 Å². The minimum absolute atomic E-state index is 0.359. The van der Waals surface area contributed by atoms with Crippen LogP contribution in [-0.2, 0) is 6.54 Å². The number of fused-ring (bicyclic) bond motifs is 1. The topological polar surface area (TPSA) is 44.4 Å². The van der Waals surface area contributed by atoms with Crippen LogP contribution in [-0.4, -0.2) is 11.7 Å². The molecule has 1 aromatic heterocycles. The number of oxazole rings is 1. The molecule has 0 aliphatic carbocycles. The Hall–Kier alpha value is -2.01. The van der Waals surface area contributed by atoms with Crippen LogP contribution in [0.3, 0.4) is 0 Å². The van der Waals surface area contributed by atoms with Crippen molar-refractivity contribution in [3.8, 4) is 5.75 Å². The third-order valence-corrected chi connectivity index (χ3v) is 3.78. The van der Waals surface area contributed by atoms with E-state index in [0.717, 1.165) is 21.3 Å². The molecule has 1 heterocycles. The third-order valence-electron chi connectivity index (χ3n) is 3.14. The minimum atomic E-state index is -0.359. The molecule has 0 bridgehead atoms. The summed E-state index contributed by atoms with van der Waals surface area (Å²) in [6.07, 6.45) is 0. The molecule has 4 nitrogen and oxygen atoms in total. The molecule has 0 saturated carbocycles. The number of benzene rings is 2. The second kappa shape index (κ2) is 5.17. The van der Waals surface area contributed by atoms with Gasteiger partial charge in [0.2, 0.25) is 0 Å². The minimum Gasteiger partial charge on any atom is -0.497 e. The van der Waals surface area contributed by atoms with Gasteiger partial charge in [0.15, 0.2) is 5.58 Å². The van der Waals surface area contributed by atoms with Gasteiger partial charge in [-0.05, 0) is 45.8 Å². The average molecular weight is 334 g/mol. The number of rotatable bonds is 3.